The molecular formula is C37H52F2O3. The zero-order chi connectivity index (χ0) is 29.7. The molecule has 2 aliphatic carbocycles. The third kappa shape index (κ3) is 9.54. The van der Waals surface area contributed by atoms with Crippen molar-refractivity contribution in [1.29, 1.82) is 0 Å². The fraction of sp³-hybridized carbons (Fsp3) is 0.649. The van der Waals surface area contributed by atoms with Gasteiger partial charge in [0.25, 0.3) is 0 Å². The summed E-state index contributed by atoms with van der Waals surface area (Å²) in [7, 11) is 0. The third-order valence-corrected chi connectivity index (χ3v) is 9.73. The monoisotopic (exact) mass is 582 g/mol. The van der Waals surface area contributed by atoms with Gasteiger partial charge in [-0.15, -0.1) is 0 Å². The van der Waals surface area contributed by atoms with Crippen LogP contribution in [0.2, 0.25) is 0 Å². The number of unbranched alkanes of at least 4 members (excludes halogenated alkanes) is 3. The van der Waals surface area contributed by atoms with Crippen molar-refractivity contribution < 1.29 is 23.0 Å². The van der Waals surface area contributed by atoms with E-state index in [-0.39, 0.29) is 17.5 Å². The zero-order valence-corrected chi connectivity index (χ0v) is 26.0. The summed E-state index contributed by atoms with van der Waals surface area (Å²) in [5, 5.41) is 0. The van der Waals surface area contributed by atoms with Gasteiger partial charge in [-0.2, -0.15) is 0 Å². The van der Waals surface area contributed by atoms with Gasteiger partial charge in [0.2, 0.25) is 0 Å². The Morgan fingerprint density at radius 1 is 0.762 bits per heavy atom. The van der Waals surface area contributed by atoms with Crippen molar-refractivity contribution in [3.05, 3.63) is 53.6 Å². The van der Waals surface area contributed by atoms with Crippen LogP contribution < -0.4 is 4.74 Å². The fourth-order valence-corrected chi connectivity index (χ4v) is 7.31. The number of hydrogen-bond donors (Lipinski definition) is 0. The van der Waals surface area contributed by atoms with Gasteiger partial charge >= 0.3 is 5.97 Å². The summed E-state index contributed by atoms with van der Waals surface area (Å²) >= 11 is 0. The van der Waals surface area contributed by atoms with Crippen LogP contribution >= 0.6 is 0 Å². The van der Waals surface area contributed by atoms with Crippen LogP contribution in [0.4, 0.5) is 8.78 Å². The molecule has 232 valence electrons. The molecule has 0 aliphatic heterocycles. The minimum atomic E-state index is -0.476. The number of benzene rings is 2. The molecule has 2 saturated carbocycles. The number of ether oxygens (including phenoxy) is 2. The summed E-state index contributed by atoms with van der Waals surface area (Å²) in [6, 6.07) is 10.2. The van der Waals surface area contributed by atoms with Crippen molar-refractivity contribution in [2.24, 2.45) is 17.8 Å². The summed E-state index contributed by atoms with van der Waals surface area (Å²) in [6.45, 7) is 5.32. The Labute approximate surface area is 252 Å². The molecule has 0 bridgehead atoms. The first-order valence-electron chi connectivity index (χ1n) is 16.9. The van der Waals surface area contributed by atoms with E-state index in [0.717, 1.165) is 68.3 Å². The van der Waals surface area contributed by atoms with Gasteiger partial charge in [-0.3, -0.25) is 4.79 Å². The van der Waals surface area contributed by atoms with Crippen LogP contribution in [0.3, 0.4) is 0 Å². The Hall–Kier alpha value is -2.43. The molecule has 3 nitrogen and oxygen atoms in total. The SMILES string of the molecule is CCCC(=O)OCCCCCCOc1ccc(-c2c(F)cc(C3CCC(C4CCC(CCC)CC4)CC3)cc2F)cc1. The Morgan fingerprint density at radius 3 is 1.95 bits per heavy atom. The Kier molecular flexibility index (Phi) is 13.2. The van der Waals surface area contributed by atoms with Crippen molar-refractivity contribution >= 4 is 5.97 Å². The molecule has 0 heterocycles. The molecule has 2 fully saturated rings. The summed E-state index contributed by atoms with van der Waals surface area (Å²) in [6.07, 6.45) is 17.7. The van der Waals surface area contributed by atoms with Crippen LogP contribution in [0.1, 0.15) is 128 Å². The first kappa shape index (κ1) is 32.5. The van der Waals surface area contributed by atoms with E-state index in [2.05, 4.69) is 6.92 Å². The normalized spacial score (nSPS) is 22.6. The van der Waals surface area contributed by atoms with Gasteiger partial charge in [0.1, 0.15) is 17.4 Å². The van der Waals surface area contributed by atoms with E-state index < -0.39 is 11.6 Å². The van der Waals surface area contributed by atoms with Gasteiger partial charge in [0.05, 0.1) is 18.8 Å². The van der Waals surface area contributed by atoms with Crippen molar-refractivity contribution in [2.45, 2.75) is 122 Å². The largest absolute Gasteiger partial charge is 0.494 e. The molecule has 0 atom stereocenters. The molecule has 0 aromatic heterocycles. The minimum Gasteiger partial charge on any atom is -0.494 e. The van der Waals surface area contributed by atoms with Crippen molar-refractivity contribution in [3.63, 3.8) is 0 Å². The predicted molar refractivity (Wildman–Crippen MR) is 167 cm³/mol. The van der Waals surface area contributed by atoms with Crippen LogP contribution in [-0.2, 0) is 9.53 Å². The molecule has 42 heavy (non-hydrogen) atoms. The van der Waals surface area contributed by atoms with Crippen molar-refractivity contribution in [2.75, 3.05) is 13.2 Å². The molecule has 2 aromatic carbocycles. The van der Waals surface area contributed by atoms with Crippen LogP contribution in [-0.4, -0.2) is 19.2 Å². The minimum absolute atomic E-state index is 0.0439. The highest BCUT2D eigenvalue weighted by Gasteiger charge is 2.31. The van der Waals surface area contributed by atoms with E-state index in [1.54, 1.807) is 36.4 Å². The van der Waals surface area contributed by atoms with E-state index in [4.69, 9.17) is 9.47 Å². The molecule has 2 aliphatic rings. The molecule has 5 heteroatoms. The lowest BCUT2D eigenvalue weighted by Crippen LogP contribution is -2.25. The summed E-state index contributed by atoms with van der Waals surface area (Å²) in [5.41, 5.74) is 1.39. The Bertz CT molecular complexity index is 1060. The van der Waals surface area contributed by atoms with E-state index in [9.17, 15) is 4.79 Å². The lowest BCUT2D eigenvalue weighted by Gasteiger charge is -2.38. The first-order valence-corrected chi connectivity index (χ1v) is 16.9. The van der Waals surface area contributed by atoms with Gasteiger partial charge in [-0.05, 0) is 130 Å². The molecule has 4 rings (SSSR count). The summed E-state index contributed by atoms with van der Waals surface area (Å²) < 4.78 is 41.6. The summed E-state index contributed by atoms with van der Waals surface area (Å²) in [4.78, 5) is 11.4. The number of esters is 1. The van der Waals surface area contributed by atoms with Crippen molar-refractivity contribution in [1.82, 2.24) is 0 Å². The second kappa shape index (κ2) is 17.0. The van der Waals surface area contributed by atoms with Gasteiger partial charge < -0.3 is 9.47 Å². The van der Waals surface area contributed by atoms with Crippen molar-refractivity contribution in [3.8, 4) is 16.9 Å². The highest BCUT2D eigenvalue weighted by atomic mass is 19.1. The predicted octanol–water partition coefficient (Wildman–Crippen LogP) is 10.8. The maximum Gasteiger partial charge on any atom is 0.305 e. The highest BCUT2D eigenvalue weighted by Crippen LogP contribution is 2.45. The third-order valence-electron chi connectivity index (χ3n) is 9.73. The van der Waals surface area contributed by atoms with E-state index in [1.165, 1.54) is 51.4 Å². The van der Waals surface area contributed by atoms with Gasteiger partial charge in [-0.25, -0.2) is 8.78 Å². The average molecular weight is 583 g/mol. The quantitative estimate of drug-likeness (QED) is 0.155. The number of carbonyl (C=O) groups is 1. The topological polar surface area (TPSA) is 35.5 Å². The fourth-order valence-electron chi connectivity index (χ4n) is 7.31. The molecule has 2 aromatic rings. The highest BCUT2D eigenvalue weighted by molar-refractivity contribution is 5.69. The zero-order valence-electron chi connectivity index (χ0n) is 26.0. The van der Waals surface area contributed by atoms with Crippen LogP contribution in [0.5, 0.6) is 5.75 Å². The lowest BCUT2D eigenvalue weighted by molar-refractivity contribution is -0.143. The molecule has 0 spiro atoms. The van der Waals surface area contributed by atoms with Crippen LogP contribution in [0.25, 0.3) is 11.1 Å². The average Bonchev–Trinajstić information content (AvgIpc) is 2.99. The number of halogens is 2. The van der Waals surface area contributed by atoms with E-state index >= 15 is 8.78 Å². The van der Waals surface area contributed by atoms with Gasteiger partial charge in [0.15, 0.2) is 0 Å². The first-order chi connectivity index (χ1) is 20.5. The molecule has 0 unspecified atom stereocenters. The lowest BCUT2D eigenvalue weighted by atomic mass is 9.68. The molecular weight excluding hydrogens is 530 g/mol. The summed E-state index contributed by atoms with van der Waals surface area (Å²) in [5.74, 6) is 2.46. The maximum atomic E-state index is 15.3. The maximum absolute atomic E-state index is 15.3. The van der Waals surface area contributed by atoms with E-state index in [1.807, 2.05) is 6.92 Å². The molecule has 0 N–H and O–H groups in total. The smallest absolute Gasteiger partial charge is 0.305 e. The van der Waals surface area contributed by atoms with Crippen LogP contribution in [0.15, 0.2) is 36.4 Å². The van der Waals surface area contributed by atoms with Crippen LogP contribution in [0, 0.1) is 29.4 Å². The van der Waals surface area contributed by atoms with Gasteiger partial charge in [-0.1, -0.05) is 51.7 Å². The Morgan fingerprint density at radius 2 is 1.36 bits per heavy atom. The molecule has 0 amide bonds. The number of rotatable bonds is 15. The number of hydrogen-bond acceptors (Lipinski definition) is 3. The second-order valence-corrected chi connectivity index (χ2v) is 12.8. The van der Waals surface area contributed by atoms with Gasteiger partial charge in [0, 0.05) is 6.42 Å². The molecule has 0 saturated heterocycles. The van der Waals surface area contributed by atoms with E-state index in [0.29, 0.717) is 30.9 Å². The number of carbonyl (C=O) groups excluding carboxylic acids is 1. The Balaban J connectivity index is 1.20. The standard InChI is InChI=1S/C37H52F2O3/c1-3-9-27-11-13-28(14-12-27)29-15-17-30(18-16-29)32-25-34(38)37(35(39)26-32)31-19-21-33(22-20-31)41-23-7-5-6-8-24-42-36(40)10-4-2/h19-22,25-30H,3-18,23-24H2,1-2H3. The second-order valence-electron chi connectivity index (χ2n) is 12.8. The molecule has 0 radical (unpaired) electrons.